The van der Waals surface area contributed by atoms with Gasteiger partial charge in [0.1, 0.15) is 17.7 Å². The molecular weight excluding hydrogens is 651 g/mol. The quantitative estimate of drug-likeness (QED) is 0.177. The van der Waals surface area contributed by atoms with Gasteiger partial charge < -0.3 is 30.1 Å². The summed E-state index contributed by atoms with van der Waals surface area (Å²) < 4.78 is 1.75. The van der Waals surface area contributed by atoms with Crippen LogP contribution in [0.4, 0.5) is 0 Å². The average molecular weight is 690 g/mol. The average Bonchev–Trinajstić information content (AvgIpc) is 4.04. The molecule has 11 heteroatoms. The van der Waals surface area contributed by atoms with Crippen LogP contribution in [0, 0.1) is 11.8 Å². The molecule has 3 aromatic heterocycles. The van der Waals surface area contributed by atoms with Crippen molar-refractivity contribution in [3.8, 4) is 34.4 Å². The summed E-state index contributed by atoms with van der Waals surface area (Å²) in [5.74, 6) is 8.37. The van der Waals surface area contributed by atoms with Crippen molar-refractivity contribution in [2.24, 2.45) is 12.8 Å². The number of hydrogen-bond acceptors (Lipinski definition) is 6. The van der Waals surface area contributed by atoms with E-state index < -0.39 is 6.04 Å². The maximum atomic E-state index is 13.3. The maximum Gasteiger partial charge on any atom is 0.290 e. The number of H-pyrrole nitrogens is 2. The zero-order valence-electron chi connectivity index (χ0n) is 28.9. The van der Waals surface area contributed by atoms with Gasteiger partial charge in [-0.25, -0.2) is 15.0 Å². The fourth-order valence-electron chi connectivity index (χ4n) is 7.21. The van der Waals surface area contributed by atoms with Crippen molar-refractivity contribution in [3.05, 3.63) is 138 Å². The zero-order valence-corrected chi connectivity index (χ0v) is 28.9. The summed E-state index contributed by atoms with van der Waals surface area (Å²) in [5.41, 5.74) is 12.7. The normalized spacial score (nSPS) is 17.6. The van der Waals surface area contributed by atoms with Gasteiger partial charge in [-0.1, -0.05) is 66.4 Å². The van der Waals surface area contributed by atoms with Crippen LogP contribution in [0.1, 0.15) is 82.8 Å². The number of imidazole rings is 3. The molecule has 6 aromatic rings. The van der Waals surface area contributed by atoms with Gasteiger partial charge in [-0.15, -0.1) is 0 Å². The lowest BCUT2D eigenvalue weighted by Gasteiger charge is -2.26. The molecule has 2 amide bonds. The van der Waals surface area contributed by atoms with Crippen molar-refractivity contribution in [1.82, 2.24) is 39.3 Å². The molecule has 0 aliphatic carbocycles. The monoisotopic (exact) mass is 689 g/mol. The number of carbonyl (C=O) groups excluding carboxylic acids is 2. The third-order valence-electron chi connectivity index (χ3n) is 10.1. The van der Waals surface area contributed by atoms with E-state index in [4.69, 9.17) is 5.73 Å². The Morgan fingerprint density at radius 2 is 1.29 bits per heavy atom. The van der Waals surface area contributed by atoms with E-state index in [0.29, 0.717) is 18.9 Å². The minimum absolute atomic E-state index is 0.0771. The Balaban J connectivity index is 0.900. The molecule has 2 aliphatic heterocycles. The van der Waals surface area contributed by atoms with E-state index in [-0.39, 0.29) is 23.9 Å². The van der Waals surface area contributed by atoms with E-state index in [1.54, 1.807) is 17.0 Å². The summed E-state index contributed by atoms with van der Waals surface area (Å²) in [6, 6.07) is 24.7. The van der Waals surface area contributed by atoms with Crippen LogP contribution < -0.4 is 5.73 Å². The molecule has 52 heavy (non-hydrogen) atoms. The van der Waals surface area contributed by atoms with Crippen LogP contribution in [-0.4, -0.2) is 64.2 Å². The molecule has 260 valence electrons. The third kappa shape index (κ3) is 6.52. The molecule has 3 aromatic carbocycles. The second kappa shape index (κ2) is 14.2. The number of rotatable bonds is 7. The van der Waals surface area contributed by atoms with Gasteiger partial charge in [0.25, 0.3) is 5.91 Å². The van der Waals surface area contributed by atoms with Crippen LogP contribution in [0.25, 0.3) is 22.5 Å². The molecule has 11 nitrogen and oxygen atoms in total. The first-order valence-electron chi connectivity index (χ1n) is 17.6. The van der Waals surface area contributed by atoms with E-state index in [9.17, 15) is 9.59 Å². The molecule has 0 bridgehead atoms. The number of amides is 2. The molecule has 2 aliphatic rings. The number of aryl methyl sites for hydroxylation is 1. The van der Waals surface area contributed by atoms with Crippen molar-refractivity contribution >= 4 is 11.8 Å². The Morgan fingerprint density at radius 3 is 1.83 bits per heavy atom. The maximum absolute atomic E-state index is 13.3. The van der Waals surface area contributed by atoms with Gasteiger partial charge in [0.2, 0.25) is 5.91 Å². The minimum atomic E-state index is -0.696. The third-order valence-corrected chi connectivity index (χ3v) is 10.1. The molecule has 0 saturated carbocycles. The molecule has 4 N–H and O–H groups in total. The van der Waals surface area contributed by atoms with Crippen molar-refractivity contribution in [1.29, 1.82) is 0 Å². The van der Waals surface area contributed by atoms with Gasteiger partial charge in [-0.05, 0) is 66.6 Å². The van der Waals surface area contributed by atoms with E-state index >= 15 is 0 Å². The second-order valence-corrected chi connectivity index (χ2v) is 13.4. The number of nitrogens with one attached hydrogen (secondary N) is 2. The largest absolute Gasteiger partial charge is 0.340 e. The van der Waals surface area contributed by atoms with Crippen molar-refractivity contribution in [2.45, 2.75) is 43.8 Å². The highest BCUT2D eigenvalue weighted by atomic mass is 16.2. The summed E-state index contributed by atoms with van der Waals surface area (Å²) in [7, 11) is 1.83. The first kappa shape index (κ1) is 32.9. The molecular formula is C41H39N9O2. The number of likely N-dealkylation sites (tertiary alicyclic amines) is 2. The summed E-state index contributed by atoms with van der Waals surface area (Å²) >= 11 is 0. The summed E-state index contributed by atoms with van der Waals surface area (Å²) in [4.78, 5) is 50.7. The first-order chi connectivity index (χ1) is 25.4. The number of carbonyl (C=O) groups is 2. The summed E-state index contributed by atoms with van der Waals surface area (Å²) in [5, 5.41) is 0. The highest BCUT2D eigenvalue weighted by molar-refractivity contribution is 5.91. The van der Waals surface area contributed by atoms with Gasteiger partial charge in [0.05, 0.1) is 35.9 Å². The van der Waals surface area contributed by atoms with E-state index in [1.807, 2.05) is 108 Å². The van der Waals surface area contributed by atoms with Crippen LogP contribution >= 0.6 is 0 Å². The number of nitrogens with zero attached hydrogens (tertiary/aromatic N) is 6. The van der Waals surface area contributed by atoms with Gasteiger partial charge in [0, 0.05) is 43.7 Å². The Bertz CT molecular complexity index is 2260. The molecule has 8 rings (SSSR count). The van der Waals surface area contributed by atoms with Crippen LogP contribution in [-0.2, 0) is 11.8 Å². The highest BCUT2D eigenvalue weighted by Crippen LogP contribution is 2.34. The minimum Gasteiger partial charge on any atom is -0.340 e. The fraction of sp³-hybridized carbons (Fsp3) is 0.244. The van der Waals surface area contributed by atoms with Crippen molar-refractivity contribution < 1.29 is 9.59 Å². The Hall–Kier alpha value is -6.25. The van der Waals surface area contributed by atoms with Gasteiger partial charge in [0.15, 0.2) is 5.82 Å². The molecule has 2 fully saturated rings. The lowest BCUT2D eigenvalue weighted by Crippen LogP contribution is -2.38. The Morgan fingerprint density at radius 1 is 0.750 bits per heavy atom. The van der Waals surface area contributed by atoms with E-state index in [0.717, 1.165) is 76.5 Å². The SMILES string of the molecule is Cn1ccnc1C(=O)N1CCC[C@H]1c1ncc(-c2ccc(C#Cc3ccc(-c4cnc([C@@H]5CCCN5C(=O)[C@H](N)c5ccccc5)[nH]4)cc3)cc2)[nH]1. The van der Waals surface area contributed by atoms with Crippen molar-refractivity contribution in [3.63, 3.8) is 0 Å². The molecule has 0 radical (unpaired) electrons. The summed E-state index contributed by atoms with van der Waals surface area (Å²) in [6.45, 7) is 1.34. The van der Waals surface area contributed by atoms with E-state index in [1.165, 1.54) is 0 Å². The van der Waals surface area contributed by atoms with Crippen LogP contribution in [0.3, 0.4) is 0 Å². The summed E-state index contributed by atoms with van der Waals surface area (Å²) in [6.07, 6.45) is 10.6. The number of aromatic nitrogens is 6. The first-order valence-corrected chi connectivity index (χ1v) is 17.6. The van der Waals surface area contributed by atoms with Gasteiger partial charge in [-0.3, -0.25) is 9.59 Å². The smallest absolute Gasteiger partial charge is 0.290 e. The molecule has 0 unspecified atom stereocenters. The Labute approximate surface area is 301 Å². The molecule has 2 saturated heterocycles. The lowest BCUT2D eigenvalue weighted by atomic mass is 10.1. The predicted molar refractivity (Wildman–Crippen MR) is 197 cm³/mol. The molecule has 0 spiro atoms. The number of nitrogens with two attached hydrogens (primary N) is 1. The van der Waals surface area contributed by atoms with Gasteiger partial charge >= 0.3 is 0 Å². The van der Waals surface area contributed by atoms with Crippen LogP contribution in [0.15, 0.2) is 104 Å². The number of hydrogen-bond donors (Lipinski definition) is 3. The van der Waals surface area contributed by atoms with Crippen LogP contribution in [0.2, 0.25) is 0 Å². The van der Waals surface area contributed by atoms with Crippen molar-refractivity contribution in [2.75, 3.05) is 13.1 Å². The van der Waals surface area contributed by atoms with Crippen LogP contribution in [0.5, 0.6) is 0 Å². The fourth-order valence-corrected chi connectivity index (χ4v) is 7.21. The van der Waals surface area contributed by atoms with E-state index in [2.05, 4.69) is 36.8 Å². The lowest BCUT2D eigenvalue weighted by molar-refractivity contribution is -0.133. The zero-order chi connectivity index (χ0) is 35.6. The topological polar surface area (TPSA) is 142 Å². The Kier molecular flexibility index (Phi) is 8.97. The molecule has 5 heterocycles. The number of benzene rings is 3. The second-order valence-electron chi connectivity index (χ2n) is 13.4. The predicted octanol–water partition coefficient (Wildman–Crippen LogP) is 5.94. The standard InChI is InChI=1S/C41H39N9O2/c1-48-24-21-43-39(48)41(52)50-23-6-10-35(50)38-45-26-33(47-38)30-19-15-28(16-20-30)12-11-27-13-17-29(18-14-27)32-25-44-37(46-32)34-9-5-22-49(34)40(51)36(42)31-7-3-2-4-8-31/h2-4,7-8,13-21,24-26,34-36H,5-6,9-10,22-23,42H2,1H3,(H,44,46)(H,45,47)/t34-,35-,36+/m0/s1. The number of aromatic amines is 2. The van der Waals surface area contributed by atoms with Gasteiger partial charge in [-0.2, -0.15) is 0 Å². The molecule has 3 atom stereocenters. The highest BCUT2D eigenvalue weighted by Gasteiger charge is 2.35.